The molecular weight excluding hydrogens is 230 g/mol. The van der Waals surface area contributed by atoms with Gasteiger partial charge in [-0.05, 0) is 29.8 Å². The number of fused-ring (bicyclic) bond motifs is 1. The van der Waals surface area contributed by atoms with E-state index in [0.717, 1.165) is 11.1 Å². The molecule has 0 aliphatic heterocycles. The zero-order chi connectivity index (χ0) is 12.4. The van der Waals surface area contributed by atoms with Crippen LogP contribution in [-0.2, 0) is 6.54 Å². The third-order valence-corrected chi connectivity index (χ3v) is 2.69. The lowest BCUT2D eigenvalue weighted by molar-refractivity contribution is 0.0951. The summed E-state index contributed by atoms with van der Waals surface area (Å²) in [4.78, 5) is 14.9. The minimum Gasteiger partial charge on any atom is -0.367 e. The lowest BCUT2D eigenvalue weighted by atomic mass is 10.2. The van der Waals surface area contributed by atoms with Crippen LogP contribution in [0, 0.1) is 0 Å². The van der Waals surface area contributed by atoms with Gasteiger partial charge in [0, 0.05) is 24.5 Å². The highest BCUT2D eigenvalue weighted by atomic mass is 16.1. The van der Waals surface area contributed by atoms with Gasteiger partial charge in [0.1, 0.15) is 11.0 Å². The molecule has 0 unspecified atom stereocenters. The molecule has 3 rings (SSSR count). The van der Waals surface area contributed by atoms with E-state index >= 15 is 0 Å². The molecule has 90 valence electrons. The van der Waals surface area contributed by atoms with E-state index < -0.39 is 0 Å². The standard InChI is InChI=1S/C12H11N5O/c18-12(14-7-8-3-4-13-6-8)9-1-2-10-11(5-9)16-17-15-10/h1-6,13H,7H2,(H,14,18)(H,15,16,17). The second-order valence-corrected chi connectivity index (χ2v) is 3.93. The summed E-state index contributed by atoms with van der Waals surface area (Å²) in [6, 6.07) is 7.13. The number of nitrogens with one attached hydrogen (secondary N) is 3. The molecule has 2 heterocycles. The summed E-state index contributed by atoms with van der Waals surface area (Å²) in [5.41, 5.74) is 3.04. The molecule has 0 aliphatic carbocycles. The average Bonchev–Trinajstić information content (AvgIpc) is 3.05. The minimum absolute atomic E-state index is 0.124. The highest BCUT2D eigenvalue weighted by molar-refractivity contribution is 5.97. The Morgan fingerprint density at radius 3 is 2.94 bits per heavy atom. The fraction of sp³-hybridized carbons (Fsp3) is 0.0833. The predicted octanol–water partition coefficient (Wildman–Crippen LogP) is 1.22. The van der Waals surface area contributed by atoms with Crippen LogP contribution in [0.15, 0.2) is 36.7 Å². The molecule has 6 heteroatoms. The van der Waals surface area contributed by atoms with Crippen LogP contribution in [0.5, 0.6) is 0 Å². The zero-order valence-electron chi connectivity index (χ0n) is 9.47. The van der Waals surface area contributed by atoms with Crippen molar-refractivity contribution in [2.45, 2.75) is 6.54 Å². The number of amides is 1. The van der Waals surface area contributed by atoms with E-state index in [1.165, 1.54) is 0 Å². The summed E-state index contributed by atoms with van der Waals surface area (Å²) in [5, 5.41) is 13.2. The number of hydrogen-bond acceptors (Lipinski definition) is 3. The fourth-order valence-corrected chi connectivity index (χ4v) is 1.73. The number of benzene rings is 1. The number of hydrogen-bond donors (Lipinski definition) is 3. The van der Waals surface area contributed by atoms with E-state index in [-0.39, 0.29) is 5.91 Å². The van der Waals surface area contributed by atoms with Crippen molar-refractivity contribution >= 4 is 16.9 Å². The zero-order valence-corrected chi connectivity index (χ0v) is 9.47. The molecular formula is C12H11N5O. The topological polar surface area (TPSA) is 86.5 Å². The van der Waals surface area contributed by atoms with Gasteiger partial charge in [0.05, 0.1) is 0 Å². The highest BCUT2D eigenvalue weighted by Gasteiger charge is 2.07. The van der Waals surface area contributed by atoms with Crippen molar-refractivity contribution < 1.29 is 4.79 Å². The molecule has 0 saturated carbocycles. The van der Waals surface area contributed by atoms with E-state index in [2.05, 4.69) is 25.7 Å². The van der Waals surface area contributed by atoms with Crippen molar-refractivity contribution in [1.82, 2.24) is 25.7 Å². The van der Waals surface area contributed by atoms with E-state index in [1.807, 2.05) is 18.5 Å². The van der Waals surface area contributed by atoms with Gasteiger partial charge in [0.15, 0.2) is 0 Å². The number of aromatic nitrogens is 4. The van der Waals surface area contributed by atoms with Crippen LogP contribution in [0.3, 0.4) is 0 Å². The second kappa shape index (κ2) is 4.33. The van der Waals surface area contributed by atoms with Gasteiger partial charge < -0.3 is 10.3 Å². The van der Waals surface area contributed by atoms with E-state index in [0.29, 0.717) is 17.6 Å². The number of rotatable bonds is 3. The van der Waals surface area contributed by atoms with E-state index in [9.17, 15) is 4.79 Å². The van der Waals surface area contributed by atoms with Gasteiger partial charge in [-0.2, -0.15) is 15.4 Å². The van der Waals surface area contributed by atoms with Crippen molar-refractivity contribution in [3.8, 4) is 0 Å². The van der Waals surface area contributed by atoms with E-state index in [4.69, 9.17) is 0 Å². The van der Waals surface area contributed by atoms with Gasteiger partial charge in [-0.1, -0.05) is 0 Å². The van der Waals surface area contributed by atoms with Gasteiger partial charge in [-0.25, -0.2) is 0 Å². The molecule has 0 spiro atoms. The fourth-order valence-electron chi connectivity index (χ4n) is 1.73. The Kier molecular flexibility index (Phi) is 2.53. The van der Waals surface area contributed by atoms with Crippen LogP contribution in [0.4, 0.5) is 0 Å². The normalized spacial score (nSPS) is 10.7. The molecule has 1 aromatic carbocycles. The maximum atomic E-state index is 11.9. The molecule has 0 atom stereocenters. The summed E-state index contributed by atoms with van der Waals surface area (Å²) in [6.45, 7) is 0.499. The Balaban J connectivity index is 1.75. The maximum Gasteiger partial charge on any atom is 0.251 e. The van der Waals surface area contributed by atoms with Crippen LogP contribution in [-0.4, -0.2) is 26.3 Å². The SMILES string of the molecule is O=C(NCc1cc[nH]c1)c1ccc2n[nH]nc2c1. The minimum atomic E-state index is -0.124. The molecule has 0 saturated heterocycles. The molecule has 1 amide bonds. The number of carbonyl (C=O) groups is 1. The van der Waals surface area contributed by atoms with Gasteiger partial charge >= 0.3 is 0 Å². The van der Waals surface area contributed by atoms with Gasteiger partial charge in [-0.3, -0.25) is 4.79 Å². The van der Waals surface area contributed by atoms with Gasteiger partial charge in [0.25, 0.3) is 5.91 Å². The third kappa shape index (κ3) is 1.95. The van der Waals surface area contributed by atoms with E-state index in [1.54, 1.807) is 18.2 Å². The first kappa shape index (κ1) is 10.5. The van der Waals surface area contributed by atoms with Crippen molar-refractivity contribution in [2.24, 2.45) is 0 Å². The van der Waals surface area contributed by atoms with Crippen molar-refractivity contribution in [2.75, 3.05) is 0 Å². The molecule has 0 aliphatic rings. The van der Waals surface area contributed by atoms with Gasteiger partial charge in [-0.15, -0.1) is 0 Å². The molecule has 0 radical (unpaired) electrons. The first-order valence-corrected chi connectivity index (χ1v) is 5.53. The molecule has 3 aromatic rings. The Labute approximate surface area is 102 Å². The highest BCUT2D eigenvalue weighted by Crippen LogP contribution is 2.10. The largest absolute Gasteiger partial charge is 0.367 e. The van der Waals surface area contributed by atoms with Crippen molar-refractivity contribution in [3.63, 3.8) is 0 Å². The summed E-state index contributed by atoms with van der Waals surface area (Å²) in [5.74, 6) is -0.124. The smallest absolute Gasteiger partial charge is 0.251 e. The first-order valence-electron chi connectivity index (χ1n) is 5.53. The molecule has 18 heavy (non-hydrogen) atoms. The van der Waals surface area contributed by atoms with Crippen molar-refractivity contribution in [3.05, 3.63) is 47.8 Å². The summed E-state index contributed by atoms with van der Waals surface area (Å²) in [7, 11) is 0. The Morgan fingerprint density at radius 2 is 2.11 bits per heavy atom. The number of carbonyl (C=O) groups excluding carboxylic acids is 1. The number of nitrogens with zero attached hydrogens (tertiary/aromatic N) is 2. The number of aromatic amines is 2. The Morgan fingerprint density at radius 1 is 1.22 bits per heavy atom. The Bertz CT molecular complexity index is 671. The Hall–Kier alpha value is -2.63. The molecule has 0 bridgehead atoms. The molecule has 6 nitrogen and oxygen atoms in total. The second-order valence-electron chi connectivity index (χ2n) is 3.93. The van der Waals surface area contributed by atoms with Crippen LogP contribution >= 0.6 is 0 Å². The van der Waals surface area contributed by atoms with Crippen LogP contribution in [0.1, 0.15) is 15.9 Å². The summed E-state index contributed by atoms with van der Waals surface area (Å²) in [6.07, 6.45) is 3.67. The molecule has 2 aromatic heterocycles. The average molecular weight is 241 g/mol. The predicted molar refractivity (Wildman–Crippen MR) is 65.9 cm³/mol. The molecule has 0 fully saturated rings. The monoisotopic (exact) mass is 241 g/mol. The third-order valence-electron chi connectivity index (χ3n) is 2.69. The molecule has 3 N–H and O–H groups in total. The maximum absolute atomic E-state index is 11.9. The number of H-pyrrole nitrogens is 2. The summed E-state index contributed by atoms with van der Waals surface area (Å²) < 4.78 is 0. The van der Waals surface area contributed by atoms with Crippen molar-refractivity contribution in [1.29, 1.82) is 0 Å². The lowest BCUT2D eigenvalue weighted by Crippen LogP contribution is -2.22. The van der Waals surface area contributed by atoms with Crippen LogP contribution < -0.4 is 5.32 Å². The lowest BCUT2D eigenvalue weighted by Gasteiger charge is -2.03. The van der Waals surface area contributed by atoms with Gasteiger partial charge in [0.2, 0.25) is 0 Å². The van der Waals surface area contributed by atoms with Crippen LogP contribution in [0.2, 0.25) is 0 Å². The van der Waals surface area contributed by atoms with Crippen LogP contribution in [0.25, 0.3) is 11.0 Å². The quantitative estimate of drug-likeness (QED) is 0.644. The summed E-state index contributed by atoms with van der Waals surface area (Å²) >= 11 is 0. The first-order chi connectivity index (χ1) is 8.83.